The van der Waals surface area contributed by atoms with Gasteiger partial charge in [-0.2, -0.15) is 5.10 Å². The van der Waals surface area contributed by atoms with E-state index in [4.69, 9.17) is 5.73 Å². The lowest BCUT2D eigenvalue weighted by Crippen LogP contribution is -2.11. The van der Waals surface area contributed by atoms with Crippen molar-refractivity contribution in [2.45, 2.75) is 38.6 Å². The van der Waals surface area contributed by atoms with E-state index in [2.05, 4.69) is 5.10 Å². The highest BCUT2D eigenvalue weighted by atomic mass is 16.1. The molecular formula is C10H15N3O. The second-order valence-electron chi connectivity index (χ2n) is 3.91. The van der Waals surface area contributed by atoms with Crippen LogP contribution in [0, 0.1) is 6.92 Å². The van der Waals surface area contributed by atoms with Gasteiger partial charge >= 0.3 is 0 Å². The molecule has 0 aliphatic heterocycles. The maximum Gasteiger partial charge on any atom is 0.252 e. The monoisotopic (exact) mass is 193 g/mol. The Bertz CT molecular complexity index is 350. The molecule has 14 heavy (non-hydrogen) atoms. The van der Waals surface area contributed by atoms with Crippen molar-refractivity contribution in [3.05, 3.63) is 17.5 Å². The van der Waals surface area contributed by atoms with Crippen LogP contribution in [-0.2, 0) is 0 Å². The number of primary amides is 1. The Morgan fingerprint density at radius 1 is 1.57 bits per heavy atom. The molecule has 1 aliphatic carbocycles. The van der Waals surface area contributed by atoms with Crippen LogP contribution in [0.4, 0.5) is 0 Å². The van der Waals surface area contributed by atoms with Crippen molar-refractivity contribution >= 4 is 5.91 Å². The van der Waals surface area contributed by atoms with Crippen LogP contribution in [0.2, 0.25) is 0 Å². The fourth-order valence-corrected chi connectivity index (χ4v) is 2.08. The normalized spacial score (nSPS) is 17.5. The molecule has 0 aromatic carbocycles. The molecule has 0 saturated heterocycles. The number of aromatic nitrogens is 2. The van der Waals surface area contributed by atoms with E-state index in [9.17, 15) is 4.79 Å². The zero-order chi connectivity index (χ0) is 10.1. The van der Waals surface area contributed by atoms with Crippen molar-refractivity contribution < 1.29 is 4.79 Å². The molecular weight excluding hydrogens is 178 g/mol. The number of carbonyl (C=O) groups excluding carboxylic acids is 1. The molecule has 0 atom stereocenters. The Balaban J connectivity index is 2.27. The Morgan fingerprint density at radius 2 is 2.21 bits per heavy atom. The van der Waals surface area contributed by atoms with Crippen LogP contribution in [0.15, 0.2) is 6.20 Å². The van der Waals surface area contributed by atoms with Crippen LogP contribution in [0.5, 0.6) is 0 Å². The molecule has 1 aromatic heterocycles. The molecule has 2 rings (SSSR count). The van der Waals surface area contributed by atoms with Crippen LogP contribution >= 0.6 is 0 Å². The zero-order valence-corrected chi connectivity index (χ0v) is 8.36. The lowest BCUT2D eigenvalue weighted by atomic mass is 10.2. The van der Waals surface area contributed by atoms with Gasteiger partial charge in [0.2, 0.25) is 0 Å². The van der Waals surface area contributed by atoms with Gasteiger partial charge in [0.15, 0.2) is 0 Å². The van der Waals surface area contributed by atoms with Gasteiger partial charge in [-0.15, -0.1) is 0 Å². The standard InChI is InChI=1S/C10H15N3O/c1-7-9(10(11)14)6-13(12-7)8-4-2-3-5-8/h6,8H,2-5H2,1H3,(H2,11,14). The summed E-state index contributed by atoms with van der Waals surface area (Å²) in [4.78, 5) is 11.0. The van der Waals surface area contributed by atoms with E-state index in [0.29, 0.717) is 11.6 Å². The molecule has 0 spiro atoms. The molecule has 0 bridgehead atoms. The lowest BCUT2D eigenvalue weighted by Gasteiger charge is -2.08. The van der Waals surface area contributed by atoms with Gasteiger partial charge in [-0.25, -0.2) is 0 Å². The molecule has 1 fully saturated rings. The minimum atomic E-state index is -0.383. The highest BCUT2D eigenvalue weighted by Gasteiger charge is 2.19. The molecule has 76 valence electrons. The van der Waals surface area contributed by atoms with E-state index >= 15 is 0 Å². The lowest BCUT2D eigenvalue weighted by molar-refractivity contribution is 0.0999. The zero-order valence-electron chi connectivity index (χ0n) is 8.36. The molecule has 1 aromatic rings. The van der Waals surface area contributed by atoms with E-state index in [1.54, 1.807) is 6.20 Å². The Hall–Kier alpha value is -1.32. The predicted molar refractivity (Wildman–Crippen MR) is 53.0 cm³/mol. The topological polar surface area (TPSA) is 60.9 Å². The molecule has 4 heteroatoms. The summed E-state index contributed by atoms with van der Waals surface area (Å²) < 4.78 is 1.91. The maximum atomic E-state index is 11.0. The second kappa shape index (κ2) is 3.44. The molecule has 1 heterocycles. The number of rotatable bonds is 2. The summed E-state index contributed by atoms with van der Waals surface area (Å²) in [7, 11) is 0. The fourth-order valence-electron chi connectivity index (χ4n) is 2.08. The van der Waals surface area contributed by atoms with Crippen molar-refractivity contribution in [3.63, 3.8) is 0 Å². The highest BCUT2D eigenvalue weighted by Crippen LogP contribution is 2.29. The van der Waals surface area contributed by atoms with Crippen molar-refractivity contribution in [1.29, 1.82) is 0 Å². The SMILES string of the molecule is Cc1nn(C2CCCC2)cc1C(N)=O. The number of carbonyl (C=O) groups is 1. The predicted octanol–water partition coefficient (Wildman–Crippen LogP) is 1.41. The quantitative estimate of drug-likeness (QED) is 0.771. The van der Waals surface area contributed by atoms with E-state index in [1.807, 2.05) is 11.6 Å². The smallest absolute Gasteiger partial charge is 0.252 e. The first-order chi connectivity index (χ1) is 6.68. The summed E-state index contributed by atoms with van der Waals surface area (Å²) in [6.07, 6.45) is 6.64. The summed E-state index contributed by atoms with van der Waals surface area (Å²) in [5, 5.41) is 4.33. The third-order valence-corrected chi connectivity index (χ3v) is 2.88. The summed E-state index contributed by atoms with van der Waals surface area (Å²) in [5.41, 5.74) is 6.53. The van der Waals surface area contributed by atoms with Crippen LogP contribution in [-0.4, -0.2) is 15.7 Å². The molecule has 0 unspecified atom stereocenters. The van der Waals surface area contributed by atoms with Gasteiger partial charge in [0.05, 0.1) is 17.3 Å². The number of amides is 1. The molecule has 1 amide bonds. The first kappa shape index (κ1) is 9.24. The second-order valence-corrected chi connectivity index (χ2v) is 3.91. The van der Waals surface area contributed by atoms with Crippen molar-refractivity contribution in [2.24, 2.45) is 5.73 Å². The maximum absolute atomic E-state index is 11.0. The summed E-state index contributed by atoms with van der Waals surface area (Å²) in [5.74, 6) is -0.383. The van der Waals surface area contributed by atoms with Gasteiger partial charge in [0, 0.05) is 6.20 Å². The van der Waals surface area contributed by atoms with Crippen molar-refractivity contribution in [3.8, 4) is 0 Å². The average molecular weight is 193 g/mol. The van der Waals surface area contributed by atoms with E-state index in [0.717, 1.165) is 5.69 Å². The largest absolute Gasteiger partial charge is 0.365 e. The highest BCUT2D eigenvalue weighted by molar-refractivity contribution is 5.93. The Kier molecular flexibility index (Phi) is 2.27. The number of hydrogen-bond donors (Lipinski definition) is 1. The molecule has 2 N–H and O–H groups in total. The van der Waals surface area contributed by atoms with Crippen LogP contribution in [0.1, 0.15) is 47.8 Å². The first-order valence-electron chi connectivity index (χ1n) is 5.04. The fraction of sp³-hybridized carbons (Fsp3) is 0.600. The Labute approximate surface area is 83.1 Å². The van der Waals surface area contributed by atoms with E-state index < -0.39 is 0 Å². The van der Waals surface area contributed by atoms with Crippen LogP contribution < -0.4 is 5.73 Å². The van der Waals surface area contributed by atoms with Crippen LogP contribution in [0.25, 0.3) is 0 Å². The summed E-state index contributed by atoms with van der Waals surface area (Å²) in [6, 6.07) is 0.474. The molecule has 1 saturated carbocycles. The van der Waals surface area contributed by atoms with Gasteiger partial charge < -0.3 is 5.73 Å². The minimum absolute atomic E-state index is 0.383. The van der Waals surface area contributed by atoms with Gasteiger partial charge in [-0.1, -0.05) is 12.8 Å². The summed E-state index contributed by atoms with van der Waals surface area (Å²) in [6.45, 7) is 1.82. The third-order valence-electron chi connectivity index (χ3n) is 2.88. The number of hydrogen-bond acceptors (Lipinski definition) is 2. The van der Waals surface area contributed by atoms with Gasteiger partial charge in [0.25, 0.3) is 5.91 Å². The summed E-state index contributed by atoms with van der Waals surface area (Å²) >= 11 is 0. The molecule has 1 aliphatic rings. The van der Waals surface area contributed by atoms with Crippen LogP contribution in [0.3, 0.4) is 0 Å². The number of nitrogens with two attached hydrogens (primary N) is 1. The first-order valence-corrected chi connectivity index (χ1v) is 5.04. The number of nitrogens with zero attached hydrogens (tertiary/aromatic N) is 2. The minimum Gasteiger partial charge on any atom is -0.365 e. The molecule has 0 radical (unpaired) electrons. The average Bonchev–Trinajstić information content (AvgIpc) is 2.70. The van der Waals surface area contributed by atoms with E-state index in [1.165, 1.54) is 25.7 Å². The Morgan fingerprint density at radius 3 is 2.71 bits per heavy atom. The third kappa shape index (κ3) is 1.52. The molecule has 4 nitrogen and oxygen atoms in total. The van der Waals surface area contributed by atoms with Gasteiger partial charge in [-0.3, -0.25) is 9.48 Å². The van der Waals surface area contributed by atoms with Crippen molar-refractivity contribution in [2.75, 3.05) is 0 Å². The number of aryl methyl sites for hydroxylation is 1. The van der Waals surface area contributed by atoms with Crippen molar-refractivity contribution in [1.82, 2.24) is 9.78 Å². The van der Waals surface area contributed by atoms with Gasteiger partial charge in [-0.05, 0) is 19.8 Å². The van der Waals surface area contributed by atoms with E-state index in [-0.39, 0.29) is 5.91 Å². The van der Waals surface area contributed by atoms with Gasteiger partial charge in [0.1, 0.15) is 0 Å².